The molecular weight excluding hydrogens is 296 g/mol. The van der Waals surface area contributed by atoms with Crippen LogP contribution in [-0.2, 0) is 13.0 Å². The maximum Gasteiger partial charge on any atom is 0.264 e. The van der Waals surface area contributed by atoms with Gasteiger partial charge in [0.25, 0.3) is 5.56 Å². The lowest BCUT2D eigenvalue weighted by atomic mass is 10.2. The highest BCUT2D eigenvalue weighted by molar-refractivity contribution is 7.12. The Balaban J connectivity index is 2.13. The minimum Gasteiger partial charge on any atom is -0.330 e. The zero-order chi connectivity index (χ0) is 15.5. The maximum absolute atomic E-state index is 12.9. The van der Waals surface area contributed by atoms with E-state index in [4.69, 9.17) is 5.73 Å². The molecule has 0 saturated heterocycles. The highest BCUT2D eigenvalue weighted by Crippen LogP contribution is 2.18. The summed E-state index contributed by atoms with van der Waals surface area (Å²) in [5.41, 5.74) is 7.44. The Morgan fingerprint density at radius 2 is 2.05 bits per heavy atom. The van der Waals surface area contributed by atoms with Crippen LogP contribution in [0.15, 0.2) is 35.1 Å². The van der Waals surface area contributed by atoms with Gasteiger partial charge in [-0.2, -0.15) is 4.37 Å². The Bertz CT molecular complexity index is 838. The third kappa shape index (κ3) is 2.80. The molecule has 114 valence electrons. The number of nitrogens with two attached hydrogens (primary N) is 1. The molecule has 3 rings (SSSR count). The van der Waals surface area contributed by atoms with Crippen molar-refractivity contribution in [1.29, 1.82) is 0 Å². The molecule has 22 heavy (non-hydrogen) atoms. The van der Waals surface area contributed by atoms with E-state index < -0.39 is 0 Å². The largest absolute Gasteiger partial charge is 0.330 e. The topological polar surface area (TPSA) is 73.8 Å². The normalized spacial score (nSPS) is 11.2. The summed E-state index contributed by atoms with van der Waals surface area (Å²) in [5, 5.41) is 0.637. The van der Waals surface area contributed by atoms with Crippen molar-refractivity contribution in [1.82, 2.24) is 13.9 Å². The van der Waals surface area contributed by atoms with Gasteiger partial charge in [-0.05, 0) is 37.0 Å². The summed E-state index contributed by atoms with van der Waals surface area (Å²) >= 11 is 1.29. The van der Waals surface area contributed by atoms with Crippen LogP contribution in [0.25, 0.3) is 10.2 Å². The van der Waals surface area contributed by atoms with Crippen LogP contribution in [0, 0.1) is 6.92 Å². The molecule has 1 aromatic carbocycles. The Kier molecular flexibility index (Phi) is 4.31. The fourth-order valence-electron chi connectivity index (χ4n) is 2.49. The minimum atomic E-state index is -0.00729. The van der Waals surface area contributed by atoms with Crippen LogP contribution in [0.4, 0.5) is 0 Å². The number of fused-ring (bicyclic) bond motifs is 1. The van der Waals surface area contributed by atoms with Gasteiger partial charge in [-0.1, -0.05) is 30.3 Å². The van der Waals surface area contributed by atoms with E-state index in [0.29, 0.717) is 24.9 Å². The van der Waals surface area contributed by atoms with E-state index >= 15 is 0 Å². The Hall–Kier alpha value is -2.05. The van der Waals surface area contributed by atoms with Gasteiger partial charge in [0.15, 0.2) is 4.83 Å². The number of rotatable bonds is 5. The molecule has 3 aromatic rings. The lowest BCUT2D eigenvalue weighted by molar-refractivity contribution is 0.655. The van der Waals surface area contributed by atoms with E-state index in [0.717, 1.165) is 28.3 Å². The molecule has 0 unspecified atom stereocenters. The molecule has 2 aromatic heterocycles. The number of benzene rings is 1. The second-order valence-corrected chi connectivity index (χ2v) is 6.00. The molecule has 0 spiro atoms. The average molecular weight is 314 g/mol. The molecule has 0 fully saturated rings. The lowest BCUT2D eigenvalue weighted by Crippen LogP contribution is -2.26. The zero-order valence-corrected chi connectivity index (χ0v) is 13.3. The van der Waals surface area contributed by atoms with Gasteiger partial charge >= 0.3 is 0 Å². The lowest BCUT2D eigenvalue weighted by Gasteiger charge is -2.12. The average Bonchev–Trinajstić information content (AvgIpc) is 2.90. The molecule has 2 N–H and O–H groups in total. The first-order valence-electron chi connectivity index (χ1n) is 7.30. The maximum atomic E-state index is 12.9. The van der Waals surface area contributed by atoms with Crippen LogP contribution in [0.3, 0.4) is 0 Å². The van der Waals surface area contributed by atoms with Crippen molar-refractivity contribution in [3.8, 4) is 0 Å². The van der Waals surface area contributed by atoms with E-state index in [1.165, 1.54) is 11.5 Å². The van der Waals surface area contributed by atoms with Crippen LogP contribution in [-0.4, -0.2) is 20.5 Å². The van der Waals surface area contributed by atoms with Crippen LogP contribution in [0.1, 0.15) is 23.5 Å². The van der Waals surface area contributed by atoms with Crippen molar-refractivity contribution < 1.29 is 0 Å². The Labute approximate surface area is 132 Å². The van der Waals surface area contributed by atoms with Crippen molar-refractivity contribution in [3.05, 3.63) is 57.8 Å². The summed E-state index contributed by atoms with van der Waals surface area (Å²) in [6.07, 6.45) is 1.51. The number of hydrogen-bond acceptors (Lipinski definition) is 5. The molecular formula is C16H18N4OS. The van der Waals surface area contributed by atoms with Crippen LogP contribution in [0.2, 0.25) is 0 Å². The number of hydrogen-bond donors (Lipinski definition) is 1. The molecule has 0 amide bonds. The monoisotopic (exact) mass is 314 g/mol. The summed E-state index contributed by atoms with van der Waals surface area (Å²) in [5.74, 6) is 0.787. The standard InChI is InChI=1S/C16H18N4OS/c1-11-14-15(22-19-11)18-13(8-5-9-17)20(16(14)21)10-12-6-3-2-4-7-12/h2-4,6-7H,5,8-10,17H2,1H3. The van der Waals surface area contributed by atoms with Gasteiger partial charge in [0.2, 0.25) is 0 Å². The molecule has 0 atom stereocenters. The van der Waals surface area contributed by atoms with Crippen molar-refractivity contribution in [2.45, 2.75) is 26.3 Å². The minimum absolute atomic E-state index is 0.00729. The van der Waals surface area contributed by atoms with Gasteiger partial charge < -0.3 is 5.73 Å². The molecule has 0 aliphatic rings. The molecule has 0 aliphatic heterocycles. The second kappa shape index (κ2) is 6.37. The molecule has 6 heteroatoms. The van der Waals surface area contributed by atoms with Crippen molar-refractivity contribution >= 4 is 21.7 Å². The predicted molar refractivity (Wildman–Crippen MR) is 89.3 cm³/mol. The van der Waals surface area contributed by atoms with E-state index in [-0.39, 0.29) is 5.56 Å². The number of aryl methyl sites for hydroxylation is 2. The SMILES string of the molecule is Cc1nsc2nc(CCCN)n(Cc3ccccc3)c(=O)c12. The third-order valence-electron chi connectivity index (χ3n) is 3.63. The zero-order valence-electron chi connectivity index (χ0n) is 12.5. The van der Waals surface area contributed by atoms with E-state index in [9.17, 15) is 4.79 Å². The van der Waals surface area contributed by atoms with Gasteiger partial charge in [-0.25, -0.2) is 4.98 Å². The molecule has 5 nitrogen and oxygen atoms in total. The first-order valence-corrected chi connectivity index (χ1v) is 8.07. The van der Waals surface area contributed by atoms with Gasteiger partial charge in [-0.15, -0.1) is 0 Å². The molecule has 0 radical (unpaired) electrons. The fraction of sp³-hybridized carbons (Fsp3) is 0.312. The molecule has 0 saturated carbocycles. The highest BCUT2D eigenvalue weighted by atomic mass is 32.1. The predicted octanol–water partition coefficient (Wildman–Crippen LogP) is 2.10. The first kappa shape index (κ1) is 14.9. The summed E-state index contributed by atoms with van der Waals surface area (Å²) in [4.78, 5) is 18.2. The summed E-state index contributed by atoms with van der Waals surface area (Å²) in [7, 11) is 0. The fourth-order valence-corrected chi connectivity index (χ4v) is 3.28. The third-order valence-corrected chi connectivity index (χ3v) is 4.47. The van der Waals surface area contributed by atoms with Gasteiger partial charge in [0.1, 0.15) is 5.82 Å². The first-order chi connectivity index (χ1) is 10.7. The van der Waals surface area contributed by atoms with E-state index in [2.05, 4.69) is 9.36 Å². The summed E-state index contributed by atoms with van der Waals surface area (Å²) in [6, 6.07) is 9.95. The van der Waals surface area contributed by atoms with E-state index in [1.807, 2.05) is 37.3 Å². The van der Waals surface area contributed by atoms with Crippen molar-refractivity contribution in [2.75, 3.05) is 6.54 Å². The van der Waals surface area contributed by atoms with Gasteiger partial charge in [-0.3, -0.25) is 9.36 Å². The quantitative estimate of drug-likeness (QED) is 0.782. The number of nitrogens with zero attached hydrogens (tertiary/aromatic N) is 3. The second-order valence-electron chi connectivity index (χ2n) is 5.25. The molecule has 2 heterocycles. The highest BCUT2D eigenvalue weighted by Gasteiger charge is 2.15. The Morgan fingerprint density at radius 3 is 2.77 bits per heavy atom. The summed E-state index contributed by atoms with van der Waals surface area (Å²) in [6.45, 7) is 2.97. The van der Waals surface area contributed by atoms with Gasteiger partial charge in [0, 0.05) is 6.42 Å². The molecule has 0 bridgehead atoms. The Morgan fingerprint density at radius 1 is 1.27 bits per heavy atom. The van der Waals surface area contributed by atoms with Crippen molar-refractivity contribution in [3.63, 3.8) is 0 Å². The van der Waals surface area contributed by atoms with Crippen LogP contribution < -0.4 is 11.3 Å². The summed E-state index contributed by atoms with van der Waals surface area (Å²) < 4.78 is 6.03. The van der Waals surface area contributed by atoms with Crippen LogP contribution in [0.5, 0.6) is 0 Å². The molecule has 0 aliphatic carbocycles. The van der Waals surface area contributed by atoms with Gasteiger partial charge in [0.05, 0.1) is 17.6 Å². The smallest absolute Gasteiger partial charge is 0.264 e. The number of aromatic nitrogens is 3. The van der Waals surface area contributed by atoms with Crippen molar-refractivity contribution in [2.24, 2.45) is 5.73 Å². The van der Waals surface area contributed by atoms with Crippen LogP contribution >= 0.6 is 11.5 Å². The van der Waals surface area contributed by atoms with E-state index in [1.54, 1.807) is 4.57 Å².